The van der Waals surface area contributed by atoms with E-state index >= 15 is 0 Å². The van der Waals surface area contributed by atoms with Crippen LogP contribution in [0.4, 0.5) is 0 Å². The fourth-order valence-electron chi connectivity index (χ4n) is 2.60. The van der Waals surface area contributed by atoms with E-state index in [0.29, 0.717) is 18.3 Å². The Labute approximate surface area is 125 Å². The van der Waals surface area contributed by atoms with E-state index in [2.05, 4.69) is 11.4 Å². The number of aliphatic hydroxyl groups excluding tert-OH is 1. The van der Waals surface area contributed by atoms with Crippen molar-refractivity contribution in [2.75, 3.05) is 19.8 Å². The Balaban J connectivity index is 1.87. The number of esters is 1. The van der Waals surface area contributed by atoms with E-state index < -0.39 is 6.23 Å². The van der Waals surface area contributed by atoms with Crippen molar-refractivity contribution in [3.8, 4) is 5.75 Å². The Hall–Kier alpha value is -1.59. The third-order valence-corrected chi connectivity index (χ3v) is 3.56. The van der Waals surface area contributed by atoms with Gasteiger partial charge >= 0.3 is 5.97 Å². The predicted octanol–water partition coefficient (Wildman–Crippen LogP) is 1.27. The summed E-state index contributed by atoms with van der Waals surface area (Å²) in [6.07, 6.45) is 1.50. The maximum absolute atomic E-state index is 11.3. The van der Waals surface area contributed by atoms with Gasteiger partial charge in [0.25, 0.3) is 0 Å². The van der Waals surface area contributed by atoms with Crippen LogP contribution in [0.1, 0.15) is 25.0 Å². The molecule has 2 unspecified atom stereocenters. The van der Waals surface area contributed by atoms with Gasteiger partial charge in [-0.15, -0.1) is 0 Å². The second-order valence-corrected chi connectivity index (χ2v) is 5.38. The Morgan fingerprint density at radius 2 is 2.19 bits per heavy atom. The molecule has 0 aromatic heterocycles. The molecule has 5 nitrogen and oxygen atoms in total. The van der Waals surface area contributed by atoms with Crippen molar-refractivity contribution in [1.29, 1.82) is 0 Å². The van der Waals surface area contributed by atoms with E-state index in [1.807, 2.05) is 12.1 Å². The number of nitrogens with one attached hydrogen (secondary N) is 1. The number of ether oxygens (including phenoxy) is 2. The van der Waals surface area contributed by atoms with Crippen molar-refractivity contribution in [3.05, 3.63) is 29.3 Å². The van der Waals surface area contributed by atoms with Gasteiger partial charge in [0, 0.05) is 6.54 Å². The van der Waals surface area contributed by atoms with Gasteiger partial charge < -0.3 is 14.6 Å². The SMILES string of the molecule is CCOC(=O)COc1ccc2c(c1)CC(CNC(C)O)C2. The van der Waals surface area contributed by atoms with Crippen LogP contribution in [0, 0.1) is 5.92 Å². The van der Waals surface area contributed by atoms with Gasteiger partial charge in [-0.2, -0.15) is 0 Å². The minimum atomic E-state index is -0.475. The van der Waals surface area contributed by atoms with Crippen molar-refractivity contribution >= 4 is 5.97 Å². The second-order valence-electron chi connectivity index (χ2n) is 5.38. The number of carbonyl (C=O) groups excluding carboxylic acids is 1. The highest BCUT2D eigenvalue weighted by Crippen LogP contribution is 2.29. The summed E-state index contributed by atoms with van der Waals surface area (Å²) in [6, 6.07) is 5.94. The normalized spacial score (nSPS) is 18.1. The molecule has 0 amide bonds. The fraction of sp³-hybridized carbons (Fsp3) is 0.562. The molecule has 1 aliphatic carbocycles. The predicted molar refractivity (Wildman–Crippen MR) is 79.2 cm³/mol. The zero-order valence-electron chi connectivity index (χ0n) is 12.6. The molecule has 0 bridgehead atoms. The molecule has 0 saturated carbocycles. The molecule has 0 spiro atoms. The van der Waals surface area contributed by atoms with Crippen molar-refractivity contribution in [2.45, 2.75) is 32.9 Å². The molecule has 0 saturated heterocycles. The van der Waals surface area contributed by atoms with Crippen LogP contribution < -0.4 is 10.1 Å². The van der Waals surface area contributed by atoms with Crippen LogP contribution in [0.25, 0.3) is 0 Å². The van der Waals surface area contributed by atoms with E-state index in [1.165, 1.54) is 11.1 Å². The quantitative estimate of drug-likeness (QED) is 0.585. The van der Waals surface area contributed by atoms with Gasteiger partial charge in [-0.25, -0.2) is 4.79 Å². The lowest BCUT2D eigenvalue weighted by atomic mass is 10.1. The van der Waals surface area contributed by atoms with Gasteiger partial charge in [0.1, 0.15) is 12.0 Å². The molecule has 1 aromatic rings. The van der Waals surface area contributed by atoms with Crippen LogP contribution in [-0.4, -0.2) is 37.1 Å². The van der Waals surface area contributed by atoms with Crippen molar-refractivity contribution in [1.82, 2.24) is 5.32 Å². The summed E-state index contributed by atoms with van der Waals surface area (Å²) in [5, 5.41) is 12.3. The number of hydrogen-bond acceptors (Lipinski definition) is 5. The third-order valence-electron chi connectivity index (χ3n) is 3.56. The first-order chi connectivity index (χ1) is 10.1. The maximum Gasteiger partial charge on any atom is 0.344 e. The van der Waals surface area contributed by atoms with E-state index in [1.54, 1.807) is 13.8 Å². The summed E-state index contributed by atoms with van der Waals surface area (Å²) < 4.78 is 10.3. The highest BCUT2D eigenvalue weighted by molar-refractivity contribution is 5.71. The molecule has 5 heteroatoms. The highest BCUT2D eigenvalue weighted by Gasteiger charge is 2.22. The molecule has 2 N–H and O–H groups in total. The molecule has 0 fully saturated rings. The lowest BCUT2D eigenvalue weighted by Crippen LogP contribution is -2.31. The Bertz CT molecular complexity index is 487. The van der Waals surface area contributed by atoms with Crippen LogP contribution in [0.3, 0.4) is 0 Å². The number of hydrogen-bond donors (Lipinski definition) is 2. The number of carbonyl (C=O) groups is 1. The minimum absolute atomic E-state index is 0.0559. The van der Waals surface area contributed by atoms with Gasteiger partial charge in [0.15, 0.2) is 6.61 Å². The first-order valence-corrected chi connectivity index (χ1v) is 7.40. The maximum atomic E-state index is 11.3. The third kappa shape index (κ3) is 4.72. The van der Waals surface area contributed by atoms with Crippen LogP contribution in [-0.2, 0) is 22.4 Å². The molecule has 116 valence electrons. The number of aliphatic hydroxyl groups is 1. The van der Waals surface area contributed by atoms with Crippen LogP contribution in [0.15, 0.2) is 18.2 Å². The summed E-state index contributed by atoms with van der Waals surface area (Å²) in [4.78, 5) is 11.3. The first-order valence-electron chi connectivity index (χ1n) is 7.40. The summed E-state index contributed by atoms with van der Waals surface area (Å²) in [7, 11) is 0. The molecule has 2 rings (SSSR count). The molecular formula is C16H23NO4. The minimum Gasteiger partial charge on any atom is -0.482 e. The van der Waals surface area contributed by atoms with Gasteiger partial charge in [-0.1, -0.05) is 6.07 Å². The van der Waals surface area contributed by atoms with E-state index in [0.717, 1.165) is 19.4 Å². The monoisotopic (exact) mass is 293 g/mol. The van der Waals surface area contributed by atoms with E-state index in [-0.39, 0.29) is 12.6 Å². The Morgan fingerprint density at radius 1 is 1.43 bits per heavy atom. The van der Waals surface area contributed by atoms with E-state index in [9.17, 15) is 9.90 Å². The summed E-state index contributed by atoms with van der Waals surface area (Å²) in [6.45, 7) is 4.60. The topological polar surface area (TPSA) is 67.8 Å². The van der Waals surface area contributed by atoms with Gasteiger partial charge in [-0.05, 0) is 55.9 Å². The highest BCUT2D eigenvalue weighted by atomic mass is 16.6. The van der Waals surface area contributed by atoms with Gasteiger partial charge in [0.05, 0.1) is 6.61 Å². The molecule has 0 aliphatic heterocycles. The lowest BCUT2D eigenvalue weighted by molar-refractivity contribution is -0.145. The fourth-order valence-corrected chi connectivity index (χ4v) is 2.60. The number of fused-ring (bicyclic) bond motifs is 1. The molecule has 1 aromatic carbocycles. The summed E-state index contributed by atoms with van der Waals surface area (Å²) in [5.41, 5.74) is 2.57. The van der Waals surface area contributed by atoms with Crippen LogP contribution in [0.2, 0.25) is 0 Å². The second kappa shape index (κ2) is 7.43. The van der Waals surface area contributed by atoms with Crippen molar-refractivity contribution in [3.63, 3.8) is 0 Å². The Morgan fingerprint density at radius 3 is 2.90 bits per heavy atom. The molecule has 21 heavy (non-hydrogen) atoms. The molecule has 0 heterocycles. The molecular weight excluding hydrogens is 270 g/mol. The van der Waals surface area contributed by atoms with Crippen molar-refractivity contribution < 1.29 is 19.4 Å². The Kier molecular flexibility index (Phi) is 5.59. The van der Waals surface area contributed by atoms with Gasteiger partial charge in [-0.3, -0.25) is 5.32 Å². The molecule has 2 atom stereocenters. The number of rotatable bonds is 7. The summed E-state index contributed by atoms with van der Waals surface area (Å²) in [5.74, 6) is 0.845. The van der Waals surface area contributed by atoms with Crippen LogP contribution in [0.5, 0.6) is 5.75 Å². The smallest absolute Gasteiger partial charge is 0.344 e. The van der Waals surface area contributed by atoms with Gasteiger partial charge in [0.2, 0.25) is 0 Å². The largest absolute Gasteiger partial charge is 0.482 e. The average Bonchev–Trinajstić information content (AvgIpc) is 2.85. The number of benzene rings is 1. The molecule has 1 aliphatic rings. The van der Waals surface area contributed by atoms with E-state index in [4.69, 9.17) is 9.47 Å². The average molecular weight is 293 g/mol. The lowest BCUT2D eigenvalue weighted by Gasteiger charge is -2.12. The van der Waals surface area contributed by atoms with Crippen LogP contribution >= 0.6 is 0 Å². The van der Waals surface area contributed by atoms with Crippen molar-refractivity contribution in [2.24, 2.45) is 5.92 Å². The standard InChI is InChI=1S/C16H23NO4/c1-3-20-16(19)10-21-15-5-4-13-6-12(7-14(13)8-15)9-17-11(2)18/h4-5,8,11-12,17-18H,3,6-7,9-10H2,1-2H3. The zero-order valence-corrected chi connectivity index (χ0v) is 12.6. The first kappa shape index (κ1) is 15.8. The zero-order chi connectivity index (χ0) is 15.2. The molecule has 0 radical (unpaired) electrons. The summed E-state index contributed by atoms with van der Waals surface area (Å²) >= 11 is 0.